The van der Waals surface area contributed by atoms with E-state index in [-0.39, 0.29) is 5.63 Å². The van der Waals surface area contributed by atoms with E-state index in [1.165, 1.54) is 19.3 Å². The zero-order chi connectivity index (χ0) is 22.1. The van der Waals surface area contributed by atoms with Crippen LogP contribution < -0.4 is 5.63 Å². The number of pyridine rings is 1. The summed E-state index contributed by atoms with van der Waals surface area (Å²) in [5, 5.41) is 11.0. The lowest BCUT2D eigenvalue weighted by Gasteiger charge is -2.31. The van der Waals surface area contributed by atoms with Crippen molar-refractivity contribution in [2.75, 3.05) is 0 Å². The summed E-state index contributed by atoms with van der Waals surface area (Å²) in [6, 6.07) is 11.9. The molecule has 1 fully saturated rings. The number of benzene rings is 1. The second kappa shape index (κ2) is 8.90. The van der Waals surface area contributed by atoms with Crippen molar-refractivity contribution in [3.8, 4) is 11.4 Å². The van der Waals surface area contributed by atoms with Crippen LogP contribution in [0.5, 0.6) is 0 Å². The largest absolute Gasteiger partial charge is 0.423 e. The van der Waals surface area contributed by atoms with E-state index in [1.54, 1.807) is 24.0 Å². The molecule has 3 heterocycles. The molecule has 4 aromatic rings. The summed E-state index contributed by atoms with van der Waals surface area (Å²) in [6.45, 7) is 4.32. The smallest absolute Gasteiger partial charge is 0.336 e. The molecule has 0 unspecified atom stereocenters. The summed E-state index contributed by atoms with van der Waals surface area (Å²) in [5.74, 6) is 2.05. The lowest BCUT2D eigenvalue weighted by Crippen LogP contribution is -2.22. The number of rotatable bonds is 5. The Morgan fingerprint density at radius 3 is 2.84 bits per heavy atom. The number of hydrogen-bond acceptors (Lipinski definition) is 6. The molecule has 7 heteroatoms. The van der Waals surface area contributed by atoms with E-state index in [0.29, 0.717) is 23.3 Å². The molecule has 1 aliphatic rings. The molecule has 0 aliphatic heterocycles. The number of aryl methyl sites for hydroxylation is 1. The Morgan fingerprint density at radius 1 is 1.16 bits per heavy atom. The fourth-order valence-corrected chi connectivity index (χ4v) is 5.63. The molecule has 0 N–H and O–H groups in total. The van der Waals surface area contributed by atoms with Crippen LogP contribution in [-0.2, 0) is 5.75 Å². The minimum Gasteiger partial charge on any atom is -0.423 e. The Labute approximate surface area is 191 Å². The Balaban J connectivity index is 1.53. The lowest BCUT2D eigenvalue weighted by atomic mass is 9.85. The van der Waals surface area contributed by atoms with E-state index in [9.17, 15) is 4.79 Å². The van der Waals surface area contributed by atoms with Crippen molar-refractivity contribution < 1.29 is 4.42 Å². The molecular weight excluding hydrogens is 420 g/mol. The van der Waals surface area contributed by atoms with Crippen molar-refractivity contribution in [1.82, 2.24) is 19.7 Å². The van der Waals surface area contributed by atoms with Crippen molar-refractivity contribution >= 4 is 22.7 Å². The van der Waals surface area contributed by atoms with Crippen LogP contribution in [-0.4, -0.2) is 19.7 Å². The molecule has 5 rings (SSSR count). The van der Waals surface area contributed by atoms with Crippen LogP contribution in [0.3, 0.4) is 0 Å². The molecule has 3 aromatic heterocycles. The highest BCUT2D eigenvalue weighted by atomic mass is 32.2. The molecule has 0 amide bonds. The van der Waals surface area contributed by atoms with Crippen molar-refractivity contribution in [2.24, 2.45) is 5.92 Å². The Hall–Kier alpha value is -2.93. The van der Waals surface area contributed by atoms with Crippen LogP contribution in [0.4, 0.5) is 0 Å². The zero-order valence-corrected chi connectivity index (χ0v) is 19.1. The monoisotopic (exact) mass is 446 g/mol. The molecule has 1 saturated carbocycles. The Morgan fingerprint density at radius 2 is 2.03 bits per heavy atom. The SMILES string of the molecule is Cc1ccc2c(CSc3nnc(-c4cccnc4)n3[C@@H]3CCCC[C@@H]3C)cc(=O)oc2c1. The molecule has 0 radical (unpaired) electrons. The summed E-state index contributed by atoms with van der Waals surface area (Å²) < 4.78 is 7.73. The van der Waals surface area contributed by atoms with Crippen molar-refractivity contribution in [3.63, 3.8) is 0 Å². The zero-order valence-electron chi connectivity index (χ0n) is 18.3. The second-order valence-corrected chi connectivity index (χ2v) is 9.57. The number of aromatic nitrogens is 4. The molecule has 0 spiro atoms. The van der Waals surface area contributed by atoms with Crippen molar-refractivity contribution in [3.05, 3.63) is 70.3 Å². The van der Waals surface area contributed by atoms with Gasteiger partial charge >= 0.3 is 5.63 Å². The van der Waals surface area contributed by atoms with Gasteiger partial charge in [-0.2, -0.15) is 0 Å². The average molecular weight is 447 g/mol. The van der Waals surface area contributed by atoms with Crippen LogP contribution in [0.15, 0.2) is 63.2 Å². The average Bonchev–Trinajstić information content (AvgIpc) is 3.21. The first-order valence-corrected chi connectivity index (χ1v) is 12.1. The molecule has 164 valence electrons. The predicted molar refractivity (Wildman–Crippen MR) is 127 cm³/mol. The van der Waals surface area contributed by atoms with Gasteiger partial charge in [-0.3, -0.25) is 9.55 Å². The van der Waals surface area contributed by atoms with Crippen molar-refractivity contribution in [2.45, 2.75) is 56.5 Å². The van der Waals surface area contributed by atoms with E-state index in [0.717, 1.165) is 39.5 Å². The summed E-state index contributed by atoms with van der Waals surface area (Å²) in [7, 11) is 0. The third-order valence-corrected chi connectivity index (χ3v) is 7.32. The van der Waals surface area contributed by atoms with Gasteiger partial charge in [0.25, 0.3) is 0 Å². The van der Waals surface area contributed by atoms with Crippen LogP contribution >= 0.6 is 11.8 Å². The van der Waals surface area contributed by atoms with Gasteiger partial charge in [-0.1, -0.05) is 43.7 Å². The van der Waals surface area contributed by atoms with Gasteiger partial charge in [0.1, 0.15) is 5.58 Å². The normalized spacial score (nSPS) is 18.8. The van der Waals surface area contributed by atoms with E-state index < -0.39 is 0 Å². The minimum atomic E-state index is -0.322. The molecule has 6 nitrogen and oxygen atoms in total. The molecular formula is C25H26N4O2S. The highest BCUT2D eigenvalue weighted by molar-refractivity contribution is 7.98. The number of hydrogen-bond donors (Lipinski definition) is 0. The highest BCUT2D eigenvalue weighted by Crippen LogP contribution is 2.39. The second-order valence-electron chi connectivity index (χ2n) is 8.63. The first-order valence-electron chi connectivity index (χ1n) is 11.1. The van der Waals surface area contributed by atoms with Gasteiger partial charge in [-0.05, 0) is 55.0 Å². The van der Waals surface area contributed by atoms with Gasteiger partial charge in [0.05, 0.1) is 0 Å². The van der Waals surface area contributed by atoms with Gasteiger partial charge in [-0.25, -0.2) is 4.79 Å². The van der Waals surface area contributed by atoms with E-state index in [4.69, 9.17) is 4.42 Å². The lowest BCUT2D eigenvalue weighted by molar-refractivity contribution is 0.247. The van der Waals surface area contributed by atoms with Crippen LogP contribution in [0.2, 0.25) is 0 Å². The van der Waals surface area contributed by atoms with Gasteiger partial charge < -0.3 is 4.42 Å². The molecule has 1 aliphatic carbocycles. The first-order chi connectivity index (χ1) is 15.6. The minimum absolute atomic E-state index is 0.322. The Kier molecular flexibility index (Phi) is 5.83. The molecule has 32 heavy (non-hydrogen) atoms. The topological polar surface area (TPSA) is 73.8 Å². The van der Waals surface area contributed by atoms with E-state index >= 15 is 0 Å². The van der Waals surface area contributed by atoms with Crippen LogP contribution in [0.1, 0.15) is 49.8 Å². The van der Waals surface area contributed by atoms with Crippen LogP contribution in [0, 0.1) is 12.8 Å². The molecule has 0 bridgehead atoms. The molecule has 2 atom stereocenters. The summed E-state index contributed by atoms with van der Waals surface area (Å²) >= 11 is 1.63. The summed E-state index contributed by atoms with van der Waals surface area (Å²) in [5.41, 5.74) is 3.31. The van der Waals surface area contributed by atoms with Crippen LogP contribution in [0.25, 0.3) is 22.4 Å². The molecule has 1 aromatic carbocycles. The number of nitrogens with zero attached hydrogens (tertiary/aromatic N) is 4. The summed E-state index contributed by atoms with van der Waals surface area (Å²) in [4.78, 5) is 16.4. The third-order valence-electron chi connectivity index (χ3n) is 6.32. The van der Waals surface area contributed by atoms with Gasteiger partial charge in [0.2, 0.25) is 0 Å². The number of fused-ring (bicyclic) bond motifs is 1. The third kappa shape index (κ3) is 4.09. The maximum atomic E-state index is 12.2. The van der Waals surface area contributed by atoms with Gasteiger partial charge in [0, 0.05) is 41.2 Å². The maximum Gasteiger partial charge on any atom is 0.336 e. The fourth-order valence-electron chi connectivity index (χ4n) is 4.65. The quantitative estimate of drug-likeness (QED) is 0.285. The fraction of sp³-hybridized carbons (Fsp3) is 0.360. The predicted octanol–water partition coefficient (Wildman–Crippen LogP) is 5.80. The van der Waals surface area contributed by atoms with E-state index in [1.807, 2.05) is 43.5 Å². The highest BCUT2D eigenvalue weighted by Gasteiger charge is 2.28. The van der Waals surface area contributed by atoms with Gasteiger partial charge in [-0.15, -0.1) is 10.2 Å². The molecule has 0 saturated heterocycles. The maximum absolute atomic E-state index is 12.2. The summed E-state index contributed by atoms with van der Waals surface area (Å²) in [6.07, 6.45) is 8.45. The van der Waals surface area contributed by atoms with Gasteiger partial charge in [0.15, 0.2) is 11.0 Å². The number of thioether (sulfide) groups is 1. The van der Waals surface area contributed by atoms with E-state index in [2.05, 4.69) is 26.7 Å². The standard InChI is InChI=1S/C25H26N4O2S/c1-16-9-10-20-19(13-23(30)31-22(20)12-16)15-32-25-28-27-24(18-7-5-11-26-14-18)29(25)21-8-4-3-6-17(21)2/h5,7,9-14,17,21H,3-4,6,8,15H2,1-2H3/t17-,21+/m0/s1. The first kappa shape index (κ1) is 20.9. The van der Waals surface area contributed by atoms with Crippen molar-refractivity contribution in [1.29, 1.82) is 0 Å². The Bertz CT molecular complexity index is 1300.